The SMILES string of the molecule is N[C@@H]1[C@H](N)[C@H](O)O[C@H](CO)[C@H]1O. The van der Waals surface area contributed by atoms with Gasteiger partial charge in [0.2, 0.25) is 0 Å². The summed E-state index contributed by atoms with van der Waals surface area (Å²) in [6.45, 7) is -0.390. The summed E-state index contributed by atoms with van der Waals surface area (Å²) in [5.41, 5.74) is 10.8. The van der Waals surface area contributed by atoms with Gasteiger partial charge < -0.3 is 31.5 Å². The fourth-order valence-electron chi connectivity index (χ4n) is 1.17. The summed E-state index contributed by atoms with van der Waals surface area (Å²) in [6.07, 6.45) is -3.11. The lowest BCUT2D eigenvalue weighted by Crippen LogP contribution is -2.65. The van der Waals surface area contributed by atoms with Crippen LogP contribution in [-0.4, -0.2) is 52.5 Å². The van der Waals surface area contributed by atoms with Crippen molar-refractivity contribution < 1.29 is 20.1 Å². The maximum absolute atomic E-state index is 9.32. The summed E-state index contributed by atoms with van der Waals surface area (Å²) in [5, 5.41) is 27.1. The maximum atomic E-state index is 9.32. The van der Waals surface area contributed by atoms with E-state index in [0.717, 1.165) is 0 Å². The summed E-state index contributed by atoms with van der Waals surface area (Å²) in [7, 11) is 0. The van der Waals surface area contributed by atoms with E-state index in [9.17, 15) is 5.11 Å². The van der Waals surface area contributed by atoms with Gasteiger partial charge in [-0.25, -0.2) is 0 Å². The van der Waals surface area contributed by atoms with E-state index in [1.807, 2.05) is 0 Å². The largest absolute Gasteiger partial charge is 0.394 e. The van der Waals surface area contributed by atoms with E-state index in [4.69, 9.17) is 26.4 Å². The van der Waals surface area contributed by atoms with Gasteiger partial charge in [-0.15, -0.1) is 0 Å². The van der Waals surface area contributed by atoms with Gasteiger partial charge in [-0.05, 0) is 0 Å². The molecule has 1 aliphatic heterocycles. The van der Waals surface area contributed by atoms with Gasteiger partial charge in [0.1, 0.15) is 6.10 Å². The zero-order valence-corrected chi connectivity index (χ0v) is 6.50. The molecular formula is C6H14N2O4. The molecule has 0 spiro atoms. The zero-order valence-electron chi connectivity index (χ0n) is 6.50. The molecular weight excluding hydrogens is 164 g/mol. The Kier molecular flexibility index (Phi) is 2.99. The van der Waals surface area contributed by atoms with Crippen molar-refractivity contribution in [3.05, 3.63) is 0 Å². The minimum atomic E-state index is -1.22. The first-order chi connectivity index (χ1) is 5.57. The van der Waals surface area contributed by atoms with Gasteiger partial charge in [0.25, 0.3) is 0 Å². The molecule has 1 saturated heterocycles. The predicted molar refractivity (Wildman–Crippen MR) is 39.9 cm³/mol. The van der Waals surface area contributed by atoms with E-state index >= 15 is 0 Å². The highest BCUT2D eigenvalue weighted by atomic mass is 16.6. The van der Waals surface area contributed by atoms with Crippen LogP contribution in [0.4, 0.5) is 0 Å². The van der Waals surface area contributed by atoms with E-state index in [0.29, 0.717) is 0 Å². The summed E-state index contributed by atoms with van der Waals surface area (Å²) >= 11 is 0. The second-order valence-electron chi connectivity index (χ2n) is 2.89. The van der Waals surface area contributed by atoms with Crippen LogP contribution < -0.4 is 11.5 Å². The fourth-order valence-corrected chi connectivity index (χ4v) is 1.17. The van der Waals surface area contributed by atoms with E-state index < -0.39 is 37.2 Å². The summed E-state index contributed by atoms with van der Waals surface area (Å²) in [5.74, 6) is 0. The Hall–Kier alpha value is -0.240. The van der Waals surface area contributed by atoms with Crippen molar-refractivity contribution in [2.45, 2.75) is 30.6 Å². The van der Waals surface area contributed by atoms with Crippen LogP contribution in [0.2, 0.25) is 0 Å². The van der Waals surface area contributed by atoms with Gasteiger partial charge in [-0.2, -0.15) is 0 Å². The number of nitrogens with two attached hydrogens (primary N) is 2. The maximum Gasteiger partial charge on any atom is 0.171 e. The van der Waals surface area contributed by atoms with E-state index in [2.05, 4.69) is 0 Å². The van der Waals surface area contributed by atoms with Gasteiger partial charge >= 0.3 is 0 Å². The van der Waals surface area contributed by atoms with Crippen LogP contribution in [0.15, 0.2) is 0 Å². The van der Waals surface area contributed by atoms with Crippen molar-refractivity contribution >= 4 is 0 Å². The lowest BCUT2D eigenvalue weighted by Gasteiger charge is -2.38. The second kappa shape index (κ2) is 3.65. The van der Waals surface area contributed by atoms with Crippen LogP contribution in [0.5, 0.6) is 0 Å². The molecule has 6 heteroatoms. The van der Waals surface area contributed by atoms with E-state index in [-0.39, 0.29) is 0 Å². The lowest BCUT2D eigenvalue weighted by atomic mass is 9.96. The van der Waals surface area contributed by atoms with Crippen molar-refractivity contribution in [2.24, 2.45) is 11.5 Å². The minimum Gasteiger partial charge on any atom is -0.394 e. The van der Waals surface area contributed by atoms with Gasteiger partial charge in [0, 0.05) is 0 Å². The molecule has 0 saturated carbocycles. The number of hydrogen-bond donors (Lipinski definition) is 5. The van der Waals surface area contributed by atoms with Crippen LogP contribution >= 0.6 is 0 Å². The molecule has 7 N–H and O–H groups in total. The normalized spacial score (nSPS) is 49.2. The van der Waals surface area contributed by atoms with Crippen molar-refractivity contribution in [3.8, 4) is 0 Å². The van der Waals surface area contributed by atoms with Crippen molar-refractivity contribution in [2.75, 3.05) is 6.61 Å². The van der Waals surface area contributed by atoms with E-state index in [1.165, 1.54) is 0 Å². The molecule has 0 radical (unpaired) electrons. The van der Waals surface area contributed by atoms with Crippen LogP contribution in [-0.2, 0) is 4.74 Å². The van der Waals surface area contributed by atoms with Gasteiger partial charge in [-0.3, -0.25) is 0 Å². The molecule has 6 nitrogen and oxygen atoms in total. The summed E-state index contributed by atoms with van der Waals surface area (Å²) in [4.78, 5) is 0. The molecule has 0 aromatic carbocycles. The summed E-state index contributed by atoms with van der Waals surface area (Å²) < 4.78 is 4.78. The van der Waals surface area contributed by atoms with Gasteiger partial charge in [0.15, 0.2) is 6.29 Å². The quantitative estimate of drug-likeness (QED) is 0.287. The average Bonchev–Trinajstić information content (AvgIpc) is 2.08. The number of aliphatic hydroxyl groups excluding tert-OH is 3. The highest BCUT2D eigenvalue weighted by Gasteiger charge is 2.40. The first-order valence-corrected chi connectivity index (χ1v) is 3.71. The Labute approximate surface area is 69.7 Å². The average molecular weight is 178 g/mol. The molecule has 1 rings (SSSR count). The second-order valence-corrected chi connectivity index (χ2v) is 2.89. The van der Waals surface area contributed by atoms with E-state index in [1.54, 1.807) is 0 Å². The minimum absolute atomic E-state index is 0.390. The third-order valence-electron chi connectivity index (χ3n) is 2.04. The Morgan fingerprint density at radius 2 is 1.75 bits per heavy atom. The monoisotopic (exact) mass is 178 g/mol. The molecule has 1 fully saturated rings. The molecule has 0 bridgehead atoms. The highest BCUT2D eigenvalue weighted by molar-refractivity contribution is 4.93. The standard InChI is InChI=1S/C6H14N2O4/c7-3-4(8)6(11)12-2(1-9)5(3)10/h2-6,9-11H,1,7-8H2/t2-,3-,4+,5-,6-/m1/s1. The van der Waals surface area contributed by atoms with Gasteiger partial charge in [0.05, 0.1) is 24.8 Å². The Morgan fingerprint density at radius 1 is 1.17 bits per heavy atom. The Bertz CT molecular complexity index is 152. The van der Waals surface area contributed by atoms with Crippen molar-refractivity contribution in [1.82, 2.24) is 0 Å². The molecule has 1 aliphatic rings. The number of rotatable bonds is 1. The van der Waals surface area contributed by atoms with Crippen LogP contribution in [0, 0.1) is 0 Å². The lowest BCUT2D eigenvalue weighted by molar-refractivity contribution is -0.221. The first kappa shape index (κ1) is 9.85. The first-order valence-electron chi connectivity index (χ1n) is 3.71. The third kappa shape index (κ3) is 1.58. The van der Waals surface area contributed by atoms with Crippen molar-refractivity contribution in [1.29, 1.82) is 0 Å². The number of aliphatic hydroxyl groups is 3. The molecule has 12 heavy (non-hydrogen) atoms. The number of hydrogen-bond acceptors (Lipinski definition) is 6. The van der Waals surface area contributed by atoms with Crippen LogP contribution in [0.1, 0.15) is 0 Å². The molecule has 0 aromatic rings. The molecule has 0 aliphatic carbocycles. The van der Waals surface area contributed by atoms with Gasteiger partial charge in [-0.1, -0.05) is 0 Å². The zero-order chi connectivity index (χ0) is 9.30. The fraction of sp³-hybridized carbons (Fsp3) is 1.00. The molecule has 0 unspecified atom stereocenters. The van der Waals surface area contributed by atoms with Crippen LogP contribution in [0.25, 0.3) is 0 Å². The van der Waals surface area contributed by atoms with Crippen LogP contribution in [0.3, 0.4) is 0 Å². The Morgan fingerprint density at radius 3 is 2.25 bits per heavy atom. The highest BCUT2D eigenvalue weighted by Crippen LogP contribution is 2.16. The number of ether oxygens (including phenoxy) is 1. The molecule has 1 heterocycles. The predicted octanol–water partition coefficient (Wildman–Crippen LogP) is -3.29. The topological polar surface area (TPSA) is 122 Å². The molecule has 0 amide bonds. The molecule has 5 atom stereocenters. The molecule has 0 aromatic heterocycles. The van der Waals surface area contributed by atoms with Crippen molar-refractivity contribution in [3.63, 3.8) is 0 Å². The summed E-state index contributed by atoms with van der Waals surface area (Å²) in [6, 6.07) is -1.59. The smallest absolute Gasteiger partial charge is 0.171 e. The third-order valence-corrected chi connectivity index (χ3v) is 2.04. The Balaban J connectivity index is 2.63. The molecule has 72 valence electrons.